The molecule has 80 valence electrons. The number of alkyl halides is 1. The quantitative estimate of drug-likeness (QED) is 0.393. The van der Waals surface area contributed by atoms with Crippen molar-refractivity contribution in [2.45, 2.75) is 44.3 Å². The van der Waals surface area contributed by atoms with Crippen LogP contribution in [0.3, 0.4) is 0 Å². The smallest absolute Gasteiger partial charge is 0.212 e. The lowest BCUT2D eigenvalue weighted by Crippen LogP contribution is -2.16. The standard InChI is InChI=1S/C8H16Cl2O2S/c1-2-3-4-5-8(6-7-9)13(10,11)12/h8H,2-7H2,1H3. The van der Waals surface area contributed by atoms with Gasteiger partial charge in [-0.2, -0.15) is 0 Å². The van der Waals surface area contributed by atoms with Gasteiger partial charge in [-0.25, -0.2) is 8.42 Å². The molecule has 13 heavy (non-hydrogen) atoms. The van der Waals surface area contributed by atoms with Gasteiger partial charge in [0.05, 0.1) is 5.25 Å². The maximum atomic E-state index is 11.0. The second-order valence-corrected chi connectivity index (χ2v) is 6.36. The molecule has 1 atom stereocenters. The van der Waals surface area contributed by atoms with Gasteiger partial charge in [-0.3, -0.25) is 0 Å². The highest BCUT2D eigenvalue weighted by Crippen LogP contribution is 2.18. The molecule has 2 nitrogen and oxygen atoms in total. The van der Waals surface area contributed by atoms with E-state index in [9.17, 15) is 8.42 Å². The van der Waals surface area contributed by atoms with Crippen molar-refractivity contribution < 1.29 is 8.42 Å². The van der Waals surface area contributed by atoms with Crippen LogP contribution in [0.4, 0.5) is 0 Å². The Balaban J connectivity index is 3.96. The normalized spacial score (nSPS) is 14.4. The van der Waals surface area contributed by atoms with E-state index < -0.39 is 14.3 Å². The van der Waals surface area contributed by atoms with Gasteiger partial charge < -0.3 is 0 Å². The topological polar surface area (TPSA) is 34.1 Å². The zero-order valence-corrected chi connectivity index (χ0v) is 10.1. The number of rotatable bonds is 7. The molecule has 1 unspecified atom stereocenters. The van der Waals surface area contributed by atoms with E-state index >= 15 is 0 Å². The Bertz CT molecular complexity index is 214. The average Bonchev–Trinajstić information content (AvgIpc) is 2.01. The van der Waals surface area contributed by atoms with Crippen molar-refractivity contribution in [1.29, 1.82) is 0 Å². The lowest BCUT2D eigenvalue weighted by Gasteiger charge is -2.10. The van der Waals surface area contributed by atoms with E-state index in [1.807, 2.05) is 0 Å². The van der Waals surface area contributed by atoms with Crippen LogP contribution in [0.2, 0.25) is 0 Å². The first kappa shape index (κ1) is 13.5. The van der Waals surface area contributed by atoms with E-state index in [1.54, 1.807) is 0 Å². The first-order valence-electron chi connectivity index (χ1n) is 4.51. The summed E-state index contributed by atoms with van der Waals surface area (Å²) in [5.74, 6) is 0.350. The molecule has 0 N–H and O–H groups in total. The van der Waals surface area contributed by atoms with Gasteiger partial charge in [-0.15, -0.1) is 11.6 Å². The van der Waals surface area contributed by atoms with Crippen LogP contribution in [-0.4, -0.2) is 19.5 Å². The minimum atomic E-state index is -3.42. The summed E-state index contributed by atoms with van der Waals surface area (Å²) in [4.78, 5) is 0. The van der Waals surface area contributed by atoms with Crippen molar-refractivity contribution in [3.8, 4) is 0 Å². The highest BCUT2D eigenvalue weighted by Gasteiger charge is 2.21. The number of hydrogen-bond acceptors (Lipinski definition) is 2. The van der Waals surface area contributed by atoms with Crippen LogP contribution < -0.4 is 0 Å². The van der Waals surface area contributed by atoms with Crippen LogP contribution >= 0.6 is 22.3 Å². The minimum Gasteiger partial charge on any atom is -0.212 e. The Hall–Kier alpha value is 0.530. The molecule has 0 aromatic heterocycles. The third-order valence-corrected chi connectivity index (χ3v) is 4.20. The first-order valence-corrected chi connectivity index (χ1v) is 7.42. The highest BCUT2D eigenvalue weighted by molar-refractivity contribution is 8.14. The Morgan fingerprint density at radius 3 is 2.23 bits per heavy atom. The summed E-state index contributed by atoms with van der Waals surface area (Å²) in [5, 5.41) is -0.460. The van der Waals surface area contributed by atoms with E-state index in [0.29, 0.717) is 18.7 Å². The van der Waals surface area contributed by atoms with Crippen molar-refractivity contribution in [3.05, 3.63) is 0 Å². The van der Waals surface area contributed by atoms with Crippen LogP contribution in [0.15, 0.2) is 0 Å². The zero-order valence-electron chi connectivity index (χ0n) is 7.80. The SMILES string of the molecule is CCCCCC(CCCl)S(=O)(=O)Cl. The number of unbranched alkanes of at least 4 members (excludes halogenated alkanes) is 2. The predicted octanol–water partition coefficient (Wildman–Crippen LogP) is 3.13. The molecule has 0 rings (SSSR count). The lowest BCUT2D eigenvalue weighted by molar-refractivity contribution is 0.566. The van der Waals surface area contributed by atoms with E-state index in [2.05, 4.69) is 6.92 Å². The predicted molar refractivity (Wildman–Crippen MR) is 58.0 cm³/mol. The van der Waals surface area contributed by atoms with Gasteiger partial charge in [0.1, 0.15) is 0 Å². The molecule has 0 radical (unpaired) electrons. The van der Waals surface area contributed by atoms with E-state index in [4.69, 9.17) is 22.3 Å². The molecule has 0 aliphatic carbocycles. The molecule has 0 bridgehead atoms. The molecular formula is C8H16Cl2O2S. The second-order valence-electron chi connectivity index (χ2n) is 3.07. The van der Waals surface area contributed by atoms with Crippen molar-refractivity contribution in [2.75, 3.05) is 5.88 Å². The molecular weight excluding hydrogens is 231 g/mol. The van der Waals surface area contributed by atoms with Crippen molar-refractivity contribution >= 4 is 31.3 Å². The van der Waals surface area contributed by atoms with Gasteiger partial charge >= 0.3 is 0 Å². The summed E-state index contributed by atoms with van der Waals surface area (Å²) >= 11 is 5.49. The zero-order chi connectivity index (χ0) is 10.3. The van der Waals surface area contributed by atoms with Gasteiger partial charge in [0.2, 0.25) is 9.05 Å². The number of hydrogen-bond donors (Lipinski definition) is 0. The lowest BCUT2D eigenvalue weighted by atomic mass is 10.1. The van der Waals surface area contributed by atoms with Crippen molar-refractivity contribution in [1.82, 2.24) is 0 Å². The fourth-order valence-corrected chi connectivity index (χ4v) is 2.94. The molecule has 0 amide bonds. The van der Waals surface area contributed by atoms with Gasteiger partial charge in [-0.05, 0) is 12.8 Å². The van der Waals surface area contributed by atoms with Crippen LogP contribution in [0.1, 0.15) is 39.0 Å². The average molecular weight is 247 g/mol. The van der Waals surface area contributed by atoms with E-state index in [0.717, 1.165) is 19.3 Å². The fourth-order valence-electron chi connectivity index (χ4n) is 1.17. The van der Waals surface area contributed by atoms with Crippen LogP contribution in [0, 0.1) is 0 Å². The molecule has 0 fully saturated rings. The van der Waals surface area contributed by atoms with Crippen molar-refractivity contribution in [2.24, 2.45) is 0 Å². The summed E-state index contributed by atoms with van der Waals surface area (Å²) in [6.07, 6.45) is 4.12. The molecule has 0 aliphatic rings. The summed E-state index contributed by atoms with van der Waals surface area (Å²) in [6, 6.07) is 0. The maximum absolute atomic E-state index is 11.0. The Kier molecular flexibility index (Phi) is 7.19. The highest BCUT2D eigenvalue weighted by atomic mass is 35.7. The molecule has 0 aromatic carbocycles. The third-order valence-electron chi connectivity index (χ3n) is 1.96. The molecule has 0 saturated carbocycles. The Labute approximate surface area is 90.0 Å². The summed E-state index contributed by atoms with van der Waals surface area (Å²) < 4.78 is 22.0. The molecule has 0 aliphatic heterocycles. The fraction of sp³-hybridized carbons (Fsp3) is 1.00. The third kappa shape index (κ3) is 6.58. The maximum Gasteiger partial charge on any atom is 0.235 e. The number of halogens is 2. The summed E-state index contributed by atoms with van der Waals surface area (Å²) in [5.41, 5.74) is 0. The molecule has 5 heteroatoms. The summed E-state index contributed by atoms with van der Waals surface area (Å²) in [7, 11) is 1.85. The minimum absolute atomic E-state index is 0.350. The molecule has 0 saturated heterocycles. The van der Waals surface area contributed by atoms with Crippen LogP contribution in [0.5, 0.6) is 0 Å². The van der Waals surface area contributed by atoms with E-state index in [1.165, 1.54) is 0 Å². The van der Waals surface area contributed by atoms with Gasteiger partial charge in [0, 0.05) is 16.6 Å². The second kappa shape index (κ2) is 6.91. The molecule has 0 spiro atoms. The van der Waals surface area contributed by atoms with Crippen molar-refractivity contribution in [3.63, 3.8) is 0 Å². The van der Waals surface area contributed by atoms with Crippen LogP contribution in [-0.2, 0) is 9.05 Å². The van der Waals surface area contributed by atoms with Gasteiger partial charge in [0.25, 0.3) is 0 Å². The summed E-state index contributed by atoms with van der Waals surface area (Å²) in [6.45, 7) is 2.08. The Morgan fingerprint density at radius 1 is 1.23 bits per heavy atom. The van der Waals surface area contributed by atoms with E-state index in [-0.39, 0.29) is 0 Å². The van der Waals surface area contributed by atoms with Crippen LogP contribution in [0.25, 0.3) is 0 Å². The largest absolute Gasteiger partial charge is 0.235 e. The molecule has 0 aromatic rings. The van der Waals surface area contributed by atoms with Gasteiger partial charge in [-0.1, -0.05) is 26.2 Å². The molecule has 0 heterocycles. The Morgan fingerprint density at radius 2 is 1.85 bits per heavy atom. The monoisotopic (exact) mass is 246 g/mol. The van der Waals surface area contributed by atoms with Gasteiger partial charge in [0.15, 0.2) is 0 Å². The first-order chi connectivity index (χ1) is 6.02.